The van der Waals surface area contributed by atoms with E-state index in [0.29, 0.717) is 16.8 Å². The molecule has 22 heavy (non-hydrogen) atoms. The van der Waals surface area contributed by atoms with Gasteiger partial charge in [-0.05, 0) is 30.9 Å². The Morgan fingerprint density at radius 1 is 1.32 bits per heavy atom. The molecule has 0 unspecified atom stereocenters. The summed E-state index contributed by atoms with van der Waals surface area (Å²) in [6.45, 7) is 2.08. The first kappa shape index (κ1) is 14.7. The van der Waals surface area contributed by atoms with E-state index in [0.717, 1.165) is 23.9 Å². The Morgan fingerprint density at radius 3 is 2.91 bits per heavy atom. The zero-order valence-corrected chi connectivity index (χ0v) is 12.7. The number of fused-ring (bicyclic) bond motifs is 1. The van der Waals surface area contributed by atoms with Crippen LogP contribution in [0, 0.1) is 5.92 Å². The molecule has 1 aliphatic rings. The molecule has 116 valence electrons. The smallest absolute Gasteiger partial charge is 0.278 e. The third-order valence-electron chi connectivity index (χ3n) is 4.38. The predicted molar refractivity (Wildman–Crippen MR) is 83.4 cm³/mol. The van der Waals surface area contributed by atoms with Gasteiger partial charge in [-0.1, -0.05) is 37.1 Å². The highest BCUT2D eigenvalue weighted by Crippen LogP contribution is 2.23. The van der Waals surface area contributed by atoms with Crippen LogP contribution in [0.1, 0.15) is 32.6 Å². The van der Waals surface area contributed by atoms with E-state index in [4.69, 9.17) is 0 Å². The fraction of sp³-hybridized carbons (Fsp3) is 0.500. The van der Waals surface area contributed by atoms with Crippen LogP contribution in [0.3, 0.4) is 0 Å². The minimum Gasteiger partial charge on any atom is -0.351 e. The van der Waals surface area contributed by atoms with Gasteiger partial charge in [-0.25, -0.2) is 4.68 Å². The van der Waals surface area contributed by atoms with Gasteiger partial charge in [-0.3, -0.25) is 9.59 Å². The van der Waals surface area contributed by atoms with Crippen molar-refractivity contribution in [2.75, 3.05) is 0 Å². The van der Waals surface area contributed by atoms with E-state index >= 15 is 0 Å². The Kier molecular flexibility index (Phi) is 4.18. The molecule has 6 heteroatoms. The van der Waals surface area contributed by atoms with Gasteiger partial charge in [0, 0.05) is 6.04 Å². The van der Waals surface area contributed by atoms with Crippen LogP contribution in [0.5, 0.6) is 0 Å². The van der Waals surface area contributed by atoms with Gasteiger partial charge in [-0.2, -0.15) is 0 Å². The maximum Gasteiger partial charge on any atom is 0.278 e. The number of rotatable bonds is 3. The summed E-state index contributed by atoms with van der Waals surface area (Å²) in [5.41, 5.74) is 0.266. The molecule has 1 saturated carbocycles. The summed E-state index contributed by atoms with van der Waals surface area (Å²) in [7, 11) is 0. The second-order valence-corrected chi connectivity index (χ2v) is 6.01. The molecule has 2 aromatic rings. The summed E-state index contributed by atoms with van der Waals surface area (Å²) < 4.78 is 1.13. The zero-order valence-electron chi connectivity index (χ0n) is 12.7. The molecule has 6 nitrogen and oxygen atoms in total. The van der Waals surface area contributed by atoms with Crippen molar-refractivity contribution in [3.05, 3.63) is 34.6 Å². The zero-order chi connectivity index (χ0) is 15.5. The van der Waals surface area contributed by atoms with Crippen molar-refractivity contribution >= 4 is 16.8 Å². The van der Waals surface area contributed by atoms with Gasteiger partial charge in [0.25, 0.3) is 5.56 Å². The molecule has 1 aliphatic carbocycles. The topological polar surface area (TPSA) is 76.9 Å². The molecule has 2 atom stereocenters. The standard InChI is InChI=1S/C16H20N4O2/c1-11-6-2-4-8-13(11)17-15(21)10-20-16(22)12-7-3-5-9-14(12)18-19-20/h3,5,7,9,11,13H,2,4,6,8,10H2,1H3,(H,17,21)/t11-,13+/m1/s1. The molecule has 0 spiro atoms. The van der Waals surface area contributed by atoms with Gasteiger partial charge in [0.2, 0.25) is 5.91 Å². The highest BCUT2D eigenvalue weighted by molar-refractivity contribution is 5.78. The number of benzene rings is 1. The lowest BCUT2D eigenvalue weighted by Crippen LogP contribution is -2.44. The molecule has 0 radical (unpaired) electrons. The highest BCUT2D eigenvalue weighted by atomic mass is 16.2. The van der Waals surface area contributed by atoms with Crippen molar-refractivity contribution < 1.29 is 4.79 Å². The van der Waals surface area contributed by atoms with Gasteiger partial charge in [0.15, 0.2) is 0 Å². The van der Waals surface area contributed by atoms with E-state index in [-0.39, 0.29) is 24.1 Å². The average Bonchev–Trinajstić information content (AvgIpc) is 2.53. The normalized spacial score (nSPS) is 21.7. The molecule has 1 heterocycles. The third kappa shape index (κ3) is 3.00. The fourth-order valence-corrected chi connectivity index (χ4v) is 3.05. The van der Waals surface area contributed by atoms with Crippen molar-refractivity contribution in [3.63, 3.8) is 0 Å². The van der Waals surface area contributed by atoms with Gasteiger partial charge in [0.05, 0.1) is 5.39 Å². The molecule has 3 rings (SSSR count). The van der Waals surface area contributed by atoms with E-state index in [1.54, 1.807) is 24.3 Å². The monoisotopic (exact) mass is 300 g/mol. The van der Waals surface area contributed by atoms with E-state index in [2.05, 4.69) is 22.6 Å². The summed E-state index contributed by atoms with van der Waals surface area (Å²) in [4.78, 5) is 24.5. The summed E-state index contributed by atoms with van der Waals surface area (Å²) in [5, 5.41) is 11.4. The Balaban J connectivity index is 1.74. The van der Waals surface area contributed by atoms with Crippen LogP contribution in [0.4, 0.5) is 0 Å². The van der Waals surface area contributed by atoms with E-state index in [1.807, 2.05) is 0 Å². The molecule has 0 bridgehead atoms. The third-order valence-corrected chi connectivity index (χ3v) is 4.38. The largest absolute Gasteiger partial charge is 0.351 e. The summed E-state index contributed by atoms with van der Waals surface area (Å²) in [6.07, 6.45) is 4.51. The molecule has 1 aromatic carbocycles. The van der Waals surface area contributed by atoms with Crippen LogP contribution in [0.2, 0.25) is 0 Å². The Hall–Kier alpha value is -2.24. The number of amides is 1. The number of nitrogens with zero attached hydrogens (tertiary/aromatic N) is 3. The van der Waals surface area contributed by atoms with Crippen LogP contribution in [0.15, 0.2) is 29.1 Å². The number of aromatic nitrogens is 3. The van der Waals surface area contributed by atoms with Crippen molar-refractivity contribution in [1.82, 2.24) is 20.3 Å². The lowest BCUT2D eigenvalue weighted by molar-refractivity contribution is -0.123. The Labute approximate surface area is 128 Å². The molecular formula is C16H20N4O2. The highest BCUT2D eigenvalue weighted by Gasteiger charge is 2.23. The van der Waals surface area contributed by atoms with Crippen molar-refractivity contribution in [2.24, 2.45) is 5.92 Å². The lowest BCUT2D eigenvalue weighted by Gasteiger charge is -2.29. The molecular weight excluding hydrogens is 280 g/mol. The van der Waals surface area contributed by atoms with Gasteiger partial charge in [0.1, 0.15) is 12.1 Å². The molecule has 0 aliphatic heterocycles. The Morgan fingerprint density at radius 2 is 2.09 bits per heavy atom. The van der Waals surface area contributed by atoms with Crippen LogP contribution >= 0.6 is 0 Å². The van der Waals surface area contributed by atoms with E-state index < -0.39 is 0 Å². The minimum absolute atomic E-state index is 0.0834. The van der Waals surface area contributed by atoms with Crippen LogP contribution in [-0.4, -0.2) is 26.9 Å². The molecule has 1 aromatic heterocycles. The van der Waals surface area contributed by atoms with Crippen molar-refractivity contribution in [2.45, 2.75) is 45.2 Å². The van der Waals surface area contributed by atoms with Crippen molar-refractivity contribution in [3.8, 4) is 0 Å². The average molecular weight is 300 g/mol. The first-order valence-corrected chi connectivity index (χ1v) is 7.77. The van der Waals surface area contributed by atoms with E-state index in [9.17, 15) is 9.59 Å². The lowest BCUT2D eigenvalue weighted by atomic mass is 9.86. The van der Waals surface area contributed by atoms with Gasteiger partial charge in [-0.15, -0.1) is 5.10 Å². The minimum atomic E-state index is -0.280. The number of carbonyl (C=O) groups excluding carboxylic acids is 1. The maximum absolute atomic E-state index is 12.3. The molecule has 1 amide bonds. The van der Waals surface area contributed by atoms with Gasteiger partial charge < -0.3 is 5.32 Å². The summed E-state index contributed by atoms with van der Waals surface area (Å²) in [5.74, 6) is 0.308. The predicted octanol–water partition coefficient (Wildman–Crippen LogP) is 1.49. The number of hydrogen-bond donors (Lipinski definition) is 1. The number of hydrogen-bond acceptors (Lipinski definition) is 4. The first-order chi connectivity index (χ1) is 10.6. The maximum atomic E-state index is 12.3. The van der Waals surface area contributed by atoms with Gasteiger partial charge >= 0.3 is 0 Å². The van der Waals surface area contributed by atoms with Crippen LogP contribution in [-0.2, 0) is 11.3 Å². The summed E-state index contributed by atoms with van der Waals surface area (Å²) in [6, 6.07) is 7.21. The van der Waals surface area contributed by atoms with Crippen molar-refractivity contribution in [1.29, 1.82) is 0 Å². The summed E-state index contributed by atoms with van der Waals surface area (Å²) >= 11 is 0. The van der Waals surface area contributed by atoms with Crippen LogP contribution < -0.4 is 10.9 Å². The second kappa shape index (κ2) is 6.25. The fourth-order valence-electron chi connectivity index (χ4n) is 3.05. The van der Waals surface area contributed by atoms with E-state index in [1.165, 1.54) is 6.42 Å². The first-order valence-electron chi connectivity index (χ1n) is 7.77. The molecule has 0 saturated heterocycles. The number of carbonyl (C=O) groups is 1. The second-order valence-electron chi connectivity index (χ2n) is 6.01. The van der Waals surface area contributed by atoms with Crippen LogP contribution in [0.25, 0.3) is 10.9 Å². The quantitative estimate of drug-likeness (QED) is 0.931. The molecule has 1 N–H and O–H groups in total. The number of nitrogens with one attached hydrogen (secondary N) is 1. The molecule has 1 fully saturated rings. The SMILES string of the molecule is C[C@@H]1CCCC[C@@H]1NC(=O)Cn1nnc2ccccc2c1=O. The Bertz CT molecular complexity index is 740.